The van der Waals surface area contributed by atoms with Crippen LogP contribution in [0.2, 0.25) is 0 Å². The minimum absolute atomic E-state index is 0.152. The van der Waals surface area contributed by atoms with Crippen LogP contribution in [0.5, 0.6) is 0 Å². The Kier molecular flexibility index (Phi) is 4.71. The zero-order valence-electron chi connectivity index (χ0n) is 10.1. The second-order valence-electron chi connectivity index (χ2n) is 3.97. The first-order chi connectivity index (χ1) is 8.10. The minimum atomic E-state index is -0.247. The molecule has 0 saturated carbocycles. The smallest absolute Gasteiger partial charge is 0.122 e. The summed E-state index contributed by atoms with van der Waals surface area (Å²) in [5.41, 5.74) is 5.92. The van der Waals surface area contributed by atoms with Crippen molar-refractivity contribution in [2.75, 3.05) is 13.1 Å². The van der Waals surface area contributed by atoms with Gasteiger partial charge in [0, 0.05) is 6.04 Å². The van der Waals surface area contributed by atoms with Crippen molar-refractivity contribution in [2.24, 2.45) is 5.73 Å². The van der Waals surface area contributed by atoms with Gasteiger partial charge in [0.2, 0.25) is 0 Å². The van der Waals surface area contributed by atoms with Gasteiger partial charge in [0.05, 0.1) is 31.3 Å². The normalized spacial score (nSPS) is 14.0. The third-order valence-electron chi connectivity index (χ3n) is 2.49. The summed E-state index contributed by atoms with van der Waals surface area (Å²) < 4.78 is 5.54. The topological polar surface area (TPSA) is 90.0 Å². The Morgan fingerprint density at radius 3 is 2.29 bits per heavy atom. The number of nitrogens with two attached hydrogens (primary N) is 1. The molecule has 2 N–H and O–H groups in total. The lowest BCUT2D eigenvalue weighted by atomic mass is 10.1. The summed E-state index contributed by atoms with van der Waals surface area (Å²) >= 11 is 0. The van der Waals surface area contributed by atoms with Crippen LogP contribution in [0.15, 0.2) is 16.5 Å². The summed E-state index contributed by atoms with van der Waals surface area (Å²) in [5.74, 6) is 1.49. The Bertz CT molecular complexity index is 422. The van der Waals surface area contributed by atoms with Gasteiger partial charge in [0.15, 0.2) is 0 Å². The highest BCUT2D eigenvalue weighted by Gasteiger charge is 2.26. The fraction of sp³-hybridized carbons (Fsp3) is 0.500. The molecule has 1 aromatic heterocycles. The van der Waals surface area contributed by atoms with Crippen LogP contribution in [0.25, 0.3) is 0 Å². The third-order valence-corrected chi connectivity index (χ3v) is 2.49. The van der Waals surface area contributed by atoms with Crippen molar-refractivity contribution in [3.05, 3.63) is 23.7 Å². The van der Waals surface area contributed by atoms with Crippen LogP contribution in [0.3, 0.4) is 0 Å². The number of aryl methyl sites for hydroxylation is 1. The van der Waals surface area contributed by atoms with Gasteiger partial charge in [-0.3, -0.25) is 4.90 Å². The number of nitriles is 2. The van der Waals surface area contributed by atoms with E-state index in [1.54, 1.807) is 4.90 Å². The standard InChI is InChI=1S/C12H16N4O/c1-9-3-4-11(17-9)12(10(2)15)16(7-5-13)8-6-14/h3-4,10,12H,7-8,15H2,1-2H3. The van der Waals surface area contributed by atoms with E-state index in [4.69, 9.17) is 20.7 Å². The lowest BCUT2D eigenvalue weighted by Crippen LogP contribution is -2.39. The summed E-state index contributed by atoms with van der Waals surface area (Å²) in [5, 5.41) is 17.5. The molecule has 0 saturated heterocycles. The van der Waals surface area contributed by atoms with E-state index in [0.29, 0.717) is 5.76 Å². The molecular formula is C12H16N4O. The Hall–Kier alpha value is -1.82. The van der Waals surface area contributed by atoms with E-state index in [-0.39, 0.29) is 25.2 Å². The Morgan fingerprint density at radius 1 is 1.35 bits per heavy atom. The highest BCUT2D eigenvalue weighted by molar-refractivity contribution is 5.13. The number of furan rings is 1. The molecule has 0 aliphatic rings. The molecule has 1 heterocycles. The molecule has 5 heteroatoms. The van der Waals surface area contributed by atoms with Gasteiger partial charge < -0.3 is 10.2 Å². The van der Waals surface area contributed by atoms with Crippen LogP contribution in [0.1, 0.15) is 24.5 Å². The first-order valence-electron chi connectivity index (χ1n) is 5.40. The number of rotatable bonds is 5. The number of hydrogen-bond donors (Lipinski definition) is 1. The molecule has 0 fully saturated rings. The summed E-state index contributed by atoms with van der Waals surface area (Å²) in [6.45, 7) is 3.99. The van der Waals surface area contributed by atoms with Crippen LogP contribution >= 0.6 is 0 Å². The largest absolute Gasteiger partial charge is 0.465 e. The van der Waals surface area contributed by atoms with Gasteiger partial charge >= 0.3 is 0 Å². The lowest BCUT2D eigenvalue weighted by molar-refractivity contribution is 0.191. The molecular weight excluding hydrogens is 216 g/mol. The highest BCUT2D eigenvalue weighted by Crippen LogP contribution is 2.24. The second-order valence-corrected chi connectivity index (χ2v) is 3.97. The molecule has 5 nitrogen and oxygen atoms in total. The zero-order chi connectivity index (χ0) is 12.8. The SMILES string of the molecule is Cc1ccc(C(C(C)N)N(CC#N)CC#N)o1. The quantitative estimate of drug-likeness (QED) is 0.773. The van der Waals surface area contributed by atoms with Crippen molar-refractivity contribution in [3.8, 4) is 12.1 Å². The number of nitrogens with zero attached hydrogens (tertiary/aromatic N) is 3. The van der Waals surface area contributed by atoms with Crippen molar-refractivity contribution in [3.63, 3.8) is 0 Å². The second kappa shape index (κ2) is 6.05. The van der Waals surface area contributed by atoms with Gasteiger partial charge in [0.1, 0.15) is 11.5 Å². The molecule has 17 heavy (non-hydrogen) atoms. The molecule has 0 bridgehead atoms. The van der Waals surface area contributed by atoms with Crippen molar-refractivity contribution < 1.29 is 4.42 Å². The van der Waals surface area contributed by atoms with Gasteiger partial charge in [-0.2, -0.15) is 10.5 Å². The van der Waals surface area contributed by atoms with E-state index in [1.807, 2.05) is 38.1 Å². The first kappa shape index (κ1) is 13.2. The monoisotopic (exact) mass is 232 g/mol. The van der Waals surface area contributed by atoms with Gasteiger partial charge in [0.25, 0.3) is 0 Å². The summed E-state index contributed by atoms with van der Waals surface area (Å²) in [6, 6.07) is 7.30. The van der Waals surface area contributed by atoms with E-state index in [2.05, 4.69) is 0 Å². The van der Waals surface area contributed by atoms with Crippen LogP contribution in [0, 0.1) is 29.6 Å². The Balaban J connectivity index is 2.99. The van der Waals surface area contributed by atoms with E-state index >= 15 is 0 Å². The van der Waals surface area contributed by atoms with Crippen LogP contribution in [0.4, 0.5) is 0 Å². The average Bonchev–Trinajstić information content (AvgIpc) is 2.65. The maximum absolute atomic E-state index is 8.77. The minimum Gasteiger partial charge on any atom is -0.465 e. The van der Waals surface area contributed by atoms with Gasteiger partial charge in [-0.1, -0.05) is 0 Å². The molecule has 0 aliphatic carbocycles. The average molecular weight is 232 g/mol. The van der Waals surface area contributed by atoms with Crippen molar-refractivity contribution in [1.29, 1.82) is 10.5 Å². The summed E-state index contributed by atoms with van der Waals surface area (Å²) in [4.78, 5) is 1.71. The molecule has 0 aliphatic heterocycles. The van der Waals surface area contributed by atoms with E-state index < -0.39 is 0 Å². The fourth-order valence-corrected chi connectivity index (χ4v) is 1.82. The molecule has 0 aromatic carbocycles. The van der Waals surface area contributed by atoms with E-state index in [0.717, 1.165) is 5.76 Å². The van der Waals surface area contributed by atoms with Crippen molar-refractivity contribution >= 4 is 0 Å². The maximum Gasteiger partial charge on any atom is 0.122 e. The lowest BCUT2D eigenvalue weighted by Gasteiger charge is -2.28. The number of hydrogen-bond acceptors (Lipinski definition) is 5. The molecule has 90 valence electrons. The molecule has 0 spiro atoms. The predicted octanol–water partition coefficient (Wildman–Crippen LogP) is 1.33. The Morgan fingerprint density at radius 2 is 1.94 bits per heavy atom. The van der Waals surface area contributed by atoms with Gasteiger partial charge in [-0.25, -0.2) is 0 Å². The fourth-order valence-electron chi connectivity index (χ4n) is 1.82. The van der Waals surface area contributed by atoms with Crippen LogP contribution in [-0.4, -0.2) is 24.0 Å². The highest BCUT2D eigenvalue weighted by atomic mass is 16.3. The van der Waals surface area contributed by atoms with E-state index in [1.165, 1.54) is 0 Å². The first-order valence-corrected chi connectivity index (χ1v) is 5.40. The molecule has 1 aromatic rings. The zero-order valence-corrected chi connectivity index (χ0v) is 10.1. The molecule has 0 amide bonds. The van der Waals surface area contributed by atoms with Gasteiger partial charge in [-0.05, 0) is 26.0 Å². The van der Waals surface area contributed by atoms with Crippen molar-refractivity contribution in [2.45, 2.75) is 25.9 Å². The summed E-state index contributed by atoms with van der Waals surface area (Å²) in [7, 11) is 0. The van der Waals surface area contributed by atoms with E-state index in [9.17, 15) is 0 Å². The third kappa shape index (κ3) is 3.32. The van der Waals surface area contributed by atoms with Gasteiger partial charge in [-0.15, -0.1) is 0 Å². The summed E-state index contributed by atoms with van der Waals surface area (Å²) in [6.07, 6.45) is 0. The molecule has 0 radical (unpaired) electrons. The maximum atomic E-state index is 8.77. The predicted molar refractivity (Wildman–Crippen MR) is 62.6 cm³/mol. The molecule has 2 atom stereocenters. The molecule has 1 rings (SSSR count). The molecule has 2 unspecified atom stereocenters. The van der Waals surface area contributed by atoms with Crippen LogP contribution in [-0.2, 0) is 0 Å². The van der Waals surface area contributed by atoms with Crippen LogP contribution < -0.4 is 5.73 Å². The Labute approximate surface area is 101 Å². The van der Waals surface area contributed by atoms with Crippen molar-refractivity contribution in [1.82, 2.24) is 4.90 Å².